The summed E-state index contributed by atoms with van der Waals surface area (Å²) in [5.41, 5.74) is -1.22. The van der Waals surface area contributed by atoms with Gasteiger partial charge in [-0.2, -0.15) is 0 Å². The number of alkyl halides is 1. The zero-order valence-corrected chi connectivity index (χ0v) is 16.5. The van der Waals surface area contributed by atoms with Gasteiger partial charge in [-0.25, -0.2) is 22.8 Å². The number of benzene rings is 1. The average molecular weight is 440 g/mol. The van der Waals surface area contributed by atoms with Gasteiger partial charge in [0.1, 0.15) is 0 Å². The number of rotatable bonds is 10. The van der Waals surface area contributed by atoms with Crippen LogP contribution in [-0.4, -0.2) is 42.6 Å². The van der Waals surface area contributed by atoms with Crippen LogP contribution in [0.25, 0.3) is 0 Å². The van der Waals surface area contributed by atoms with E-state index in [-0.39, 0.29) is 29.9 Å². The third-order valence-electron chi connectivity index (χ3n) is 3.00. The van der Waals surface area contributed by atoms with Gasteiger partial charge in [-0.3, -0.25) is 4.79 Å². The van der Waals surface area contributed by atoms with Crippen LogP contribution in [0.5, 0.6) is 0 Å². The SMILES string of the molecule is CCOC(=O)C(C(=O)OCC)=C(Nc1ccc(F)c(F)c1F)SCC(=O)CCl. The third kappa shape index (κ3) is 6.45. The van der Waals surface area contributed by atoms with Crippen LogP contribution in [0.15, 0.2) is 22.7 Å². The topological polar surface area (TPSA) is 81.7 Å². The molecule has 6 nitrogen and oxygen atoms in total. The number of nitrogens with one attached hydrogen (secondary N) is 1. The Kier molecular flexibility index (Phi) is 9.88. The lowest BCUT2D eigenvalue weighted by molar-refractivity contribution is -0.146. The second kappa shape index (κ2) is 11.6. The van der Waals surface area contributed by atoms with E-state index in [1.807, 2.05) is 0 Å². The molecular weight excluding hydrogens is 423 g/mol. The van der Waals surface area contributed by atoms with Gasteiger partial charge in [-0.1, -0.05) is 11.8 Å². The van der Waals surface area contributed by atoms with Crippen LogP contribution in [-0.2, 0) is 23.9 Å². The summed E-state index contributed by atoms with van der Waals surface area (Å²) in [5, 5.41) is 2.00. The van der Waals surface area contributed by atoms with Crippen LogP contribution in [0.4, 0.5) is 18.9 Å². The van der Waals surface area contributed by atoms with Crippen LogP contribution >= 0.6 is 23.4 Å². The molecule has 11 heteroatoms. The Hall–Kier alpha value is -2.20. The lowest BCUT2D eigenvalue weighted by Crippen LogP contribution is -2.23. The minimum absolute atomic E-state index is 0.0835. The molecule has 0 heterocycles. The van der Waals surface area contributed by atoms with E-state index in [4.69, 9.17) is 21.1 Å². The number of halogens is 4. The number of esters is 2. The molecule has 154 valence electrons. The molecule has 0 aliphatic heterocycles. The van der Waals surface area contributed by atoms with Crippen molar-refractivity contribution in [3.63, 3.8) is 0 Å². The van der Waals surface area contributed by atoms with E-state index in [1.165, 1.54) is 13.8 Å². The highest BCUT2D eigenvalue weighted by atomic mass is 35.5. The second-order valence-electron chi connectivity index (χ2n) is 4.95. The number of thioether (sulfide) groups is 1. The molecule has 0 spiro atoms. The maximum Gasteiger partial charge on any atom is 0.348 e. The van der Waals surface area contributed by atoms with Gasteiger partial charge in [-0.15, -0.1) is 11.6 Å². The predicted molar refractivity (Wildman–Crippen MR) is 98.4 cm³/mol. The highest BCUT2D eigenvalue weighted by Crippen LogP contribution is 2.28. The van der Waals surface area contributed by atoms with Crippen molar-refractivity contribution >= 4 is 46.8 Å². The standard InChI is InChI=1S/C17H17ClF3NO5S/c1-3-26-16(24)12(17(25)27-4-2)15(28-8-9(23)7-18)22-11-6-5-10(19)13(20)14(11)21/h5-6,22H,3-4,7-8H2,1-2H3. The first-order chi connectivity index (χ1) is 13.3. The Balaban J connectivity index is 3.45. The average Bonchev–Trinajstić information content (AvgIpc) is 2.66. The molecule has 1 aromatic carbocycles. The van der Waals surface area contributed by atoms with Gasteiger partial charge in [0.15, 0.2) is 28.8 Å². The fourth-order valence-corrected chi connectivity index (χ4v) is 2.89. The van der Waals surface area contributed by atoms with Crippen molar-refractivity contribution in [2.75, 3.05) is 30.2 Å². The summed E-state index contributed by atoms with van der Waals surface area (Å²) in [7, 11) is 0. The summed E-state index contributed by atoms with van der Waals surface area (Å²) in [6, 6.07) is 1.52. The summed E-state index contributed by atoms with van der Waals surface area (Å²) in [5.74, 6) is -8.03. The number of hydrogen-bond donors (Lipinski definition) is 1. The molecule has 0 bridgehead atoms. The summed E-state index contributed by atoms with van der Waals surface area (Å²) >= 11 is 6.06. The molecule has 0 saturated carbocycles. The molecule has 0 atom stereocenters. The fourth-order valence-electron chi connectivity index (χ4n) is 1.78. The monoisotopic (exact) mass is 439 g/mol. The smallest absolute Gasteiger partial charge is 0.348 e. The van der Waals surface area contributed by atoms with Gasteiger partial charge in [0, 0.05) is 0 Å². The molecule has 0 amide bonds. The van der Waals surface area contributed by atoms with Crippen LogP contribution in [0, 0.1) is 17.5 Å². The Labute approximate surface area is 168 Å². The summed E-state index contributed by atoms with van der Waals surface area (Å²) < 4.78 is 50.3. The van der Waals surface area contributed by atoms with Crippen molar-refractivity contribution in [1.82, 2.24) is 0 Å². The van der Waals surface area contributed by atoms with Gasteiger partial charge in [0.25, 0.3) is 0 Å². The van der Waals surface area contributed by atoms with Crippen LogP contribution in [0.2, 0.25) is 0 Å². The Bertz CT molecular complexity index is 768. The second-order valence-corrected chi connectivity index (χ2v) is 6.21. The molecule has 0 unspecified atom stereocenters. The van der Waals surface area contributed by atoms with Crippen LogP contribution in [0.3, 0.4) is 0 Å². The molecule has 1 aromatic rings. The van der Waals surface area contributed by atoms with Gasteiger partial charge in [-0.05, 0) is 26.0 Å². The quantitative estimate of drug-likeness (QED) is 0.149. The highest BCUT2D eigenvalue weighted by molar-refractivity contribution is 8.03. The number of hydrogen-bond acceptors (Lipinski definition) is 7. The molecule has 0 saturated heterocycles. The first-order valence-corrected chi connectivity index (χ1v) is 9.48. The van der Waals surface area contributed by atoms with E-state index in [1.54, 1.807) is 0 Å². The fraction of sp³-hybridized carbons (Fsp3) is 0.353. The zero-order valence-electron chi connectivity index (χ0n) is 14.9. The number of ether oxygens (including phenoxy) is 2. The molecule has 0 radical (unpaired) electrons. The molecule has 0 aromatic heterocycles. The molecular formula is C17H17ClF3NO5S. The summed E-state index contributed by atoms with van der Waals surface area (Å²) in [6.45, 7) is 2.82. The van der Waals surface area contributed by atoms with Gasteiger partial charge in [0.05, 0.1) is 35.6 Å². The Morgan fingerprint density at radius 3 is 2.11 bits per heavy atom. The van der Waals surface area contributed by atoms with E-state index in [9.17, 15) is 27.6 Å². The van der Waals surface area contributed by atoms with E-state index in [0.29, 0.717) is 17.8 Å². The lowest BCUT2D eigenvalue weighted by atomic mass is 10.2. The van der Waals surface area contributed by atoms with E-state index in [0.717, 1.165) is 6.07 Å². The van der Waals surface area contributed by atoms with Crippen molar-refractivity contribution in [2.45, 2.75) is 13.8 Å². The number of Topliss-reactive ketones (excluding diaryl/α,β-unsaturated/α-hetero) is 1. The van der Waals surface area contributed by atoms with E-state index < -0.39 is 46.4 Å². The summed E-state index contributed by atoms with van der Waals surface area (Å²) in [4.78, 5) is 36.0. The van der Waals surface area contributed by atoms with Gasteiger partial charge >= 0.3 is 11.9 Å². The van der Waals surface area contributed by atoms with Crippen molar-refractivity contribution in [3.05, 3.63) is 40.2 Å². The molecule has 0 fully saturated rings. The highest BCUT2D eigenvalue weighted by Gasteiger charge is 2.28. The van der Waals surface area contributed by atoms with Crippen molar-refractivity contribution in [2.24, 2.45) is 0 Å². The maximum absolute atomic E-state index is 14.0. The van der Waals surface area contributed by atoms with Crippen LogP contribution < -0.4 is 5.32 Å². The number of carbonyl (C=O) groups is 3. The molecule has 1 rings (SSSR count). The van der Waals surface area contributed by atoms with Crippen molar-refractivity contribution in [1.29, 1.82) is 0 Å². The van der Waals surface area contributed by atoms with Crippen molar-refractivity contribution < 1.29 is 37.0 Å². The minimum atomic E-state index is -1.75. The van der Waals surface area contributed by atoms with Gasteiger partial charge in [0.2, 0.25) is 0 Å². The number of carbonyl (C=O) groups excluding carboxylic acids is 3. The summed E-state index contributed by atoms with van der Waals surface area (Å²) in [6.07, 6.45) is 0. The molecule has 28 heavy (non-hydrogen) atoms. The first-order valence-electron chi connectivity index (χ1n) is 7.96. The molecule has 0 aliphatic carbocycles. The first kappa shape index (κ1) is 23.8. The molecule has 0 aliphatic rings. The molecule has 1 N–H and O–H groups in total. The third-order valence-corrected chi connectivity index (χ3v) is 4.36. The Morgan fingerprint density at radius 2 is 1.61 bits per heavy atom. The minimum Gasteiger partial charge on any atom is -0.462 e. The van der Waals surface area contributed by atoms with E-state index >= 15 is 0 Å². The number of ketones is 1. The number of anilines is 1. The van der Waals surface area contributed by atoms with Crippen LogP contribution in [0.1, 0.15) is 13.8 Å². The predicted octanol–water partition coefficient (Wildman–Crippen LogP) is 3.39. The Morgan fingerprint density at radius 1 is 1.04 bits per heavy atom. The van der Waals surface area contributed by atoms with Crippen molar-refractivity contribution in [3.8, 4) is 0 Å². The normalized spacial score (nSPS) is 10.2. The largest absolute Gasteiger partial charge is 0.462 e. The van der Waals surface area contributed by atoms with Gasteiger partial charge < -0.3 is 14.8 Å². The zero-order chi connectivity index (χ0) is 21.3. The lowest BCUT2D eigenvalue weighted by Gasteiger charge is -2.16. The van der Waals surface area contributed by atoms with E-state index in [2.05, 4.69) is 5.32 Å². The maximum atomic E-state index is 14.0.